The van der Waals surface area contributed by atoms with E-state index in [0.29, 0.717) is 25.8 Å². The lowest BCUT2D eigenvalue weighted by molar-refractivity contribution is -0.142. The third-order valence-corrected chi connectivity index (χ3v) is 6.92. The Morgan fingerprint density at radius 1 is 1.05 bits per heavy atom. The first-order valence-electron chi connectivity index (χ1n) is 13.3. The number of hydrogen-bond donors (Lipinski definition) is 7. The van der Waals surface area contributed by atoms with Crippen LogP contribution in [0.4, 0.5) is 0 Å². The lowest BCUT2D eigenvalue weighted by atomic mass is 9.99. The molecule has 4 atom stereocenters. The Morgan fingerprint density at radius 3 is 2.45 bits per heavy atom. The number of rotatable bonds is 14. The van der Waals surface area contributed by atoms with Gasteiger partial charge in [-0.2, -0.15) is 0 Å². The van der Waals surface area contributed by atoms with Crippen molar-refractivity contribution in [3.05, 3.63) is 36.0 Å². The number of hydrogen-bond acceptors (Lipinski definition) is 6. The van der Waals surface area contributed by atoms with Crippen molar-refractivity contribution in [1.29, 1.82) is 0 Å². The molecular weight excluding hydrogens is 488 g/mol. The number of H-pyrrole nitrogens is 1. The standard InChI is InChI=1S/C27H40N6O5/c1-16(2)23(33-24(34)20-11-7-13-29-20)26(36)32-22(14-17-15-30-19-9-4-3-8-18(17)19)25(35)31-21(27(37)38)10-5-6-12-28/h3-4,8-9,15-16,20-23,29-30H,5-7,10-14,28H2,1-2H3,(H,31,35)(H,32,36)(H,33,34)(H,37,38). The normalized spacial score (nSPS) is 17.6. The van der Waals surface area contributed by atoms with Gasteiger partial charge in [0.2, 0.25) is 17.7 Å². The molecule has 38 heavy (non-hydrogen) atoms. The highest BCUT2D eigenvalue weighted by Crippen LogP contribution is 2.20. The van der Waals surface area contributed by atoms with Crippen LogP contribution in [0.1, 0.15) is 51.5 Å². The third-order valence-electron chi connectivity index (χ3n) is 6.92. The predicted octanol–water partition coefficient (Wildman–Crippen LogP) is 0.786. The van der Waals surface area contributed by atoms with Gasteiger partial charge in [0.05, 0.1) is 6.04 Å². The van der Waals surface area contributed by atoms with Crippen LogP contribution >= 0.6 is 0 Å². The van der Waals surface area contributed by atoms with Crippen molar-refractivity contribution in [2.45, 2.75) is 76.5 Å². The first-order chi connectivity index (χ1) is 18.2. The lowest BCUT2D eigenvalue weighted by Crippen LogP contribution is -2.58. The van der Waals surface area contributed by atoms with Gasteiger partial charge < -0.3 is 37.1 Å². The Labute approximate surface area is 222 Å². The molecule has 2 aromatic rings. The molecule has 208 valence electrons. The zero-order valence-corrected chi connectivity index (χ0v) is 22.1. The third kappa shape index (κ3) is 7.78. The minimum Gasteiger partial charge on any atom is -0.480 e. The summed E-state index contributed by atoms with van der Waals surface area (Å²) in [6.45, 7) is 4.82. The van der Waals surface area contributed by atoms with Crippen LogP contribution in [0.15, 0.2) is 30.5 Å². The van der Waals surface area contributed by atoms with E-state index < -0.39 is 35.9 Å². The average molecular weight is 529 g/mol. The molecule has 0 radical (unpaired) electrons. The van der Waals surface area contributed by atoms with E-state index in [-0.39, 0.29) is 30.7 Å². The van der Waals surface area contributed by atoms with E-state index in [2.05, 4.69) is 26.3 Å². The average Bonchev–Trinajstić information content (AvgIpc) is 3.56. The molecule has 8 N–H and O–H groups in total. The molecular formula is C27H40N6O5. The summed E-state index contributed by atoms with van der Waals surface area (Å²) in [7, 11) is 0. The number of aromatic amines is 1. The highest BCUT2D eigenvalue weighted by atomic mass is 16.4. The minimum absolute atomic E-state index is 0.139. The van der Waals surface area contributed by atoms with Gasteiger partial charge in [-0.15, -0.1) is 0 Å². The van der Waals surface area contributed by atoms with Gasteiger partial charge in [-0.3, -0.25) is 14.4 Å². The topological polar surface area (TPSA) is 178 Å². The van der Waals surface area contributed by atoms with E-state index in [0.717, 1.165) is 29.4 Å². The molecule has 3 rings (SSSR count). The maximum Gasteiger partial charge on any atom is 0.326 e. The fourth-order valence-corrected chi connectivity index (χ4v) is 4.71. The molecule has 0 aliphatic carbocycles. The number of carbonyl (C=O) groups is 4. The molecule has 0 saturated carbocycles. The number of nitrogens with two attached hydrogens (primary N) is 1. The summed E-state index contributed by atoms with van der Waals surface area (Å²) in [5.74, 6) is -2.74. The number of benzene rings is 1. The Morgan fingerprint density at radius 2 is 1.79 bits per heavy atom. The number of carboxylic acids is 1. The van der Waals surface area contributed by atoms with Gasteiger partial charge >= 0.3 is 5.97 Å². The molecule has 4 unspecified atom stereocenters. The first kappa shape index (κ1) is 29.1. The van der Waals surface area contributed by atoms with Crippen LogP contribution in [-0.2, 0) is 25.6 Å². The first-order valence-corrected chi connectivity index (χ1v) is 13.3. The van der Waals surface area contributed by atoms with Crippen molar-refractivity contribution in [3.63, 3.8) is 0 Å². The Bertz CT molecular complexity index is 1110. The van der Waals surface area contributed by atoms with E-state index in [1.165, 1.54) is 0 Å². The second kappa shape index (κ2) is 13.9. The maximum absolute atomic E-state index is 13.4. The largest absolute Gasteiger partial charge is 0.480 e. The van der Waals surface area contributed by atoms with Crippen LogP contribution in [0.25, 0.3) is 10.9 Å². The molecule has 1 aliphatic rings. The number of aromatic nitrogens is 1. The summed E-state index contributed by atoms with van der Waals surface area (Å²) >= 11 is 0. The molecule has 11 heteroatoms. The van der Waals surface area contributed by atoms with Crippen molar-refractivity contribution in [2.75, 3.05) is 13.1 Å². The van der Waals surface area contributed by atoms with E-state index in [9.17, 15) is 24.3 Å². The number of unbranched alkanes of at least 4 members (excludes halogenated alkanes) is 1. The molecule has 2 heterocycles. The summed E-state index contributed by atoms with van der Waals surface area (Å²) in [6, 6.07) is 4.23. The summed E-state index contributed by atoms with van der Waals surface area (Å²) < 4.78 is 0. The Hall–Kier alpha value is -3.44. The van der Waals surface area contributed by atoms with Crippen molar-refractivity contribution in [2.24, 2.45) is 11.7 Å². The number of carboxylic acid groups (broad SMARTS) is 1. The van der Waals surface area contributed by atoms with Crippen molar-refractivity contribution in [1.82, 2.24) is 26.3 Å². The van der Waals surface area contributed by atoms with Gasteiger partial charge in [0.15, 0.2) is 0 Å². The number of carbonyl (C=O) groups excluding carboxylic acids is 3. The fraction of sp³-hybridized carbons (Fsp3) is 0.556. The van der Waals surface area contributed by atoms with Crippen molar-refractivity contribution >= 4 is 34.6 Å². The molecule has 1 aromatic carbocycles. The molecule has 3 amide bonds. The molecule has 1 aromatic heterocycles. The molecule has 11 nitrogen and oxygen atoms in total. The van der Waals surface area contributed by atoms with Crippen LogP contribution in [0, 0.1) is 5.92 Å². The van der Waals surface area contributed by atoms with E-state index in [1.807, 2.05) is 38.1 Å². The molecule has 1 fully saturated rings. The second-order valence-electron chi connectivity index (χ2n) is 10.2. The van der Waals surface area contributed by atoms with Gasteiger partial charge in [-0.05, 0) is 62.7 Å². The zero-order chi connectivity index (χ0) is 27.7. The molecule has 0 bridgehead atoms. The van der Waals surface area contributed by atoms with Crippen LogP contribution in [-0.4, -0.2) is 71.0 Å². The van der Waals surface area contributed by atoms with Gasteiger partial charge in [-0.25, -0.2) is 4.79 Å². The van der Waals surface area contributed by atoms with Gasteiger partial charge in [0, 0.05) is 23.5 Å². The number of aliphatic carboxylic acids is 1. The number of para-hydroxylation sites is 1. The Balaban J connectivity index is 1.80. The highest BCUT2D eigenvalue weighted by molar-refractivity contribution is 5.95. The lowest BCUT2D eigenvalue weighted by Gasteiger charge is -2.27. The van der Waals surface area contributed by atoms with E-state index in [4.69, 9.17) is 5.73 Å². The minimum atomic E-state index is -1.15. The van der Waals surface area contributed by atoms with Gasteiger partial charge in [0.25, 0.3) is 0 Å². The quantitative estimate of drug-likeness (QED) is 0.177. The summed E-state index contributed by atoms with van der Waals surface area (Å²) in [5.41, 5.74) is 7.21. The van der Waals surface area contributed by atoms with Crippen molar-refractivity contribution in [3.8, 4) is 0 Å². The van der Waals surface area contributed by atoms with Crippen LogP contribution < -0.4 is 27.0 Å². The van der Waals surface area contributed by atoms with Crippen LogP contribution in [0.3, 0.4) is 0 Å². The second-order valence-corrected chi connectivity index (χ2v) is 10.2. The van der Waals surface area contributed by atoms with Gasteiger partial charge in [-0.1, -0.05) is 32.0 Å². The smallest absolute Gasteiger partial charge is 0.326 e. The van der Waals surface area contributed by atoms with Crippen LogP contribution in [0.2, 0.25) is 0 Å². The van der Waals surface area contributed by atoms with E-state index in [1.54, 1.807) is 6.20 Å². The summed E-state index contributed by atoms with van der Waals surface area (Å²) in [6.07, 6.45) is 4.92. The monoisotopic (exact) mass is 528 g/mol. The Kier molecular flexibility index (Phi) is 10.7. The molecule has 0 spiro atoms. The SMILES string of the molecule is CC(C)C(NC(=O)C1CCCN1)C(=O)NC(Cc1c[nH]c2ccccc12)C(=O)NC(CCCCN)C(=O)O. The summed E-state index contributed by atoms with van der Waals surface area (Å²) in [5, 5.41) is 21.9. The van der Waals surface area contributed by atoms with E-state index >= 15 is 0 Å². The molecule has 1 aliphatic heterocycles. The van der Waals surface area contributed by atoms with Gasteiger partial charge in [0.1, 0.15) is 18.1 Å². The number of nitrogens with one attached hydrogen (secondary N) is 5. The zero-order valence-electron chi connectivity index (χ0n) is 22.1. The fourth-order valence-electron chi connectivity index (χ4n) is 4.71. The number of amides is 3. The number of fused-ring (bicyclic) bond motifs is 1. The summed E-state index contributed by atoms with van der Waals surface area (Å²) in [4.78, 5) is 54.5. The van der Waals surface area contributed by atoms with Crippen molar-refractivity contribution < 1.29 is 24.3 Å². The molecule has 1 saturated heterocycles. The highest BCUT2D eigenvalue weighted by Gasteiger charge is 2.33. The predicted molar refractivity (Wildman–Crippen MR) is 144 cm³/mol. The van der Waals surface area contributed by atoms with Crippen LogP contribution in [0.5, 0.6) is 0 Å². The maximum atomic E-state index is 13.4.